The Balaban J connectivity index is 1.82. The second-order valence-electron chi connectivity index (χ2n) is 5.40. The first-order valence-electron chi connectivity index (χ1n) is 6.65. The Morgan fingerprint density at radius 3 is 2.89 bits per heavy atom. The molecule has 2 N–H and O–H groups in total. The normalized spacial score (nSPS) is 17.9. The molecule has 1 aromatic rings. The molecule has 1 heterocycles. The second kappa shape index (κ2) is 5.61. The van der Waals surface area contributed by atoms with Crippen LogP contribution < -0.4 is 5.32 Å². The van der Waals surface area contributed by atoms with Crippen LogP contribution in [0.25, 0.3) is 0 Å². The predicted octanol–water partition coefficient (Wildman–Crippen LogP) is 0.893. The van der Waals surface area contributed by atoms with Crippen molar-refractivity contribution in [2.45, 2.75) is 31.9 Å². The average Bonchev–Trinajstić information content (AvgIpc) is 3.11. The van der Waals surface area contributed by atoms with Crippen LogP contribution in [0.5, 0.6) is 0 Å². The number of hydrogen-bond donors (Lipinski definition) is 2. The van der Waals surface area contributed by atoms with Gasteiger partial charge in [0.1, 0.15) is 0 Å². The highest BCUT2D eigenvalue weighted by atomic mass is 16.3. The number of aryl methyl sites for hydroxylation is 1. The van der Waals surface area contributed by atoms with Crippen LogP contribution in [0.3, 0.4) is 0 Å². The lowest BCUT2D eigenvalue weighted by atomic mass is 10.2. The van der Waals surface area contributed by atoms with Crippen molar-refractivity contribution in [1.82, 2.24) is 20.0 Å². The summed E-state index contributed by atoms with van der Waals surface area (Å²) in [6, 6.07) is -0.266. The minimum absolute atomic E-state index is 0.0956. The molecule has 2 rings (SSSR count). The Bertz CT molecular complexity index is 442. The van der Waals surface area contributed by atoms with E-state index in [1.54, 1.807) is 17.9 Å². The topological polar surface area (TPSA) is 70.4 Å². The summed E-state index contributed by atoms with van der Waals surface area (Å²) in [5, 5.41) is 16.8. The molecule has 1 fully saturated rings. The number of carbonyl (C=O) groups excluding carboxylic acids is 1. The van der Waals surface area contributed by atoms with Crippen LogP contribution in [-0.4, -0.2) is 45.5 Å². The zero-order chi connectivity index (χ0) is 14.0. The summed E-state index contributed by atoms with van der Waals surface area (Å²) in [6.07, 6.45) is 5.36. The van der Waals surface area contributed by atoms with Gasteiger partial charge in [0.05, 0.1) is 18.3 Å². The Kier molecular flexibility index (Phi) is 4.09. The molecule has 0 radical (unpaired) electrons. The van der Waals surface area contributed by atoms with Gasteiger partial charge in [-0.2, -0.15) is 5.10 Å². The molecule has 0 bridgehead atoms. The van der Waals surface area contributed by atoms with E-state index in [4.69, 9.17) is 0 Å². The fourth-order valence-corrected chi connectivity index (χ4v) is 2.04. The molecule has 0 aromatic carbocycles. The fraction of sp³-hybridized carbons (Fsp3) is 0.692. The molecule has 1 aliphatic carbocycles. The first-order chi connectivity index (χ1) is 8.97. The van der Waals surface area contributed by atoms with Crippen molar-refractivity contribution in [3.8, 4) is 0 Å². The van der Waals surface area contributed by atoms with Gasteiger partial charge in [-0.25, -0.2) is 4.79 Å². The first kappa shape index (κ1) is 13.9. The van der Waals surface area contributed by atoms with Gasteiger partial charge in [-0.05, 0) is 25.7 Å². The number of nitrogens with one attached hydrogen (secondary N) is 1. The minimum Gasteiger partial charge on any atom is -0.391 e. The third-order valence-electron chi connectivity index (χ3n) is 3.54. The zero-order valence-electron chi connectivity index (χ0n) is 11.7. The van der Waals surface area contributed by atoms with Crippen molar-refractivity contribution in [1.29, 1.82) is 0 Å². The summed E-state index contributed by atoms with van der Waals surface area (Å²) in [5.74, 6) is 0.381. The molecule has 1 aliphatic rings. The lowest BCUT2D eigenvalue weighted by Crippen LogP contribution is -2.42. The second-order valence-corrected chi connectivity index (χ2v) is 5.40. The Morgan fingerprint density at radius 1 is 1.68 bits per heavy atom. The molecule has 6 heteroatoms. The maximum absolute atomic E-state index is 12.0. The maximum atomic E-state index is 12.0. The molecule has 1 aromatic heterocycles. The highest BCUT2D eigenvalue weighted by Gasteiger charge is 2.31. The Labute approximate surface area is 113 Å². The lowest BCUT2D eigenvalue weighted by Gasteiger charge is -2.23. The summed E-state index contributed by atoms with van der Waals surface area (Å²) >= 11 is 0. The molecule has 2 amide bonds. The SMILES string of the molecule is CC(NC(=O)N(C)CC(O)C1CC1)c1cnn(C)c1. The van der Waals surface area contributed by atoms with Crippen molar-refractivity contribution < 1.29 is 9.90 Å². The van der Waals surface area contributed by atoms with E-state index < -0.39 is 6.10 Å². The molecule has 2 unspecified atom stereocenters. The van der Waals surface area contributed by atoms with Crippen LogP contribution in [0.4, 0.5) is 4.79 Å². The van der Waals surface area contributed by atoms with Crippen molar-refractivity contribution in [2.24, 2.45) is 13.0 Å². The number of aliphatic hydroxyl groups excluding tert-OH is 1. The van der Waals surface area contributed by atoms with E-state index in [0.29, 0.717) is 12.5 Å². The lowest BCUT2D eigenvalue weighted by molar-refractivity contribution is 0.113. The Hall–Kier alpha value is -1.56. The monoisotopic (exact) mass is 266 g/mol. The van der Waals surface area contributed by atoms with Crippen LogP contribution in [0.15, 0.2) is 12.4 Å². The molecule has 0 saturated heterocycles. The Morgan fingerprint density at radius 2 is 2.37 bits per heavy atom. The number of urea groups is 1. The molecule has 2 atom stereocenters. The smallest absolute Gasteiger partial charge is 0.317 e. The fourth-order valence-electron chi connectivity index (χ4n) is 2.04. The number of nitrogens with zero attached hydrogens (tertiary/aromatic N) is 3. The van der Waals surface area contributed by atoms with E-state index >= 15 is 0 Å². The van der Waals surface area contributed by atoms with E-state index in [2.05, 4.69) is 10.4 Å². The summed E-state index contributed by atoms with van der Waals surface area (Å²) in [7, 11) is 3.55. The molecule has 0 spiro atoms. The van der Waals surface area contributed by atoms with E-state index in [1.807, 2.05) is 20.2 Å². The molecule has 1 saturated carbocycles. The maximum Gasteiger partial charge on any atom is 0.317 e. The highest BCUT2D eigenvalue weighted by Crippen LogP contribution is 2.32. The molecule has 106 valence electrons. The third kappa shape index (κ3) is 3.70. The first-order valence-corrected chi connectivity index (χ1v) is 6.65. The van der Waals surface area contributed by atoms with Crippen molar-refractivity contribution in [3.05, 3.63) is 18.0 Å². The number of aliphatic hydroxyl groups is 1. The van der Waals surface area contributed by atoms with Crippen LogP contribution in [0, 0.1) is 5.92 Å². The minimum atomic E-state index is -0.399. The summed E-state index contributed by atoms with van der Waals surface area (Å²) < 4.78 is 1.71. The van der Waals surface area contributed by atoms with E-state index in [-0.39, 0.29) is 12.1 Å². The quantitative estimate of drug-likeness (QED) is 0.831. The van der Waals surface area contributed by atoms with Crippen LogP contribution in [0.2, 0.25) is 0 Å². The van der Waals surface area contributed by atoms with Crippen molar-refractivity contribution in [3.63, 3.8) is 0 Å². The average molecular weight is 266 g/mol. The number of likely N-dealkylation sites (N-methyl/N-ethyl adjacent to an activating group) is 1. The van der Waals surface area contributed by atoms with Gasteiger partial charge >= 0.3 is 6.03 Å². The highest BCUT2D eigenvalue weighted by molar-refractivity contribution is 5.74. The number of carbonyl (C=O) groups is 1. The van der Waals surface area contributed by atoms with Gasteiger partial charge < -0.3 is 15.3 Å². The molecular formula is C13H22N4O2. The van der Waals surface area contributed by atoms with Gasteiger partial charge in [-0.15, -0.1) is 0 Å². The van der Waals surface area contributed by atoms with Gasteiger partial charge in [0.15, 0.2) is 0 Å². The molecule has 19 heavy (non-hydrogen) atoms. The third-order valence-corrected chi connectivity index (χ3v) is 3.54. The number of hydrogen-bond acceptors (Lipinski definition) is 3. The number of rotatable bonds is 5. The van der Waals surface area contributed by atoms with Gasteiger partial charge in [0, 0.05) is 32.4 Å². The van der Waals surface area contributed by atoms with Crippen molar-refractivity contribution >= 4 is 6.03 Å². The summed E-state index contributed by atoms with van der Waals surface area (Å²) in [6.45, 7) is 2.30. The van der Waals surface area contributed by atoms with Crippen LogP contribution >= 0.6 is 0 Å². The molecule has 6 nitrogen and oxygen atoms in total. The number of amides is 2. The largest absolute Gasteiger partial charge is 0.391 e. The van der Waals surface area contributed by atoms with Gasteiger partial charge in [0.2, 0.25) is 0 Å². The summed E-state index contributed by atoms with van der Waals surface area (Å²) in [4.78, 5) is 13.5. The number of aromatic nitrogens is 2. The zero-order valence-corrected chi connectivity index (χ0v) is 11.7. The standard InChI is InChI=1S/C13H22N4O2/c1-9(11-6-14-17(3)7-11)15-13(19)16(2)8-12(18)10-4-5-10/h6-7,9-10,12,18H,4-5,8H2,1-3H3,(H,15,19). The van der Waals surface area contributed by atoms with E-state index in [9.17, 15) is 9.90 Å². The van der Waals surface area contributed by atoms with Gasteiger partial charge in [0.25, 0.3) is 0 Å². The van der Waals surface area contributed by atoms with Crippen LogP contribution in [0.1, 0.15) is 31.4 Å². The molecular weight excluding hydrogens is 244 g/mol. The van der Waals surface area contributed by atoms with E-state index in [1.165, 1.54) is 4.90 Å². The van der Waals surface area contributed by atoms with Crippen LogP contribution in [-0.2, 0) is 7.05 Å². The van der Waals surface area contributed by atoms with Gasteiger partial charge in [-0.1, -0.05) is 0 Å². The predicted molar refractivity (Wildman–Crippen MR) is 71.5 cm³/mol. The van der Waals surface area contributed by atoms with Crippen molar-refractivity contribution in [2.75, 3.05) is 13.6 Å². The van der Waals surface area contributed by atoms with Gasteiger partial charge in [-0.3, -0.25) is 4.68 Å². The van der Waals surface area contributed by atoms with E-state index in [0.717, 1.165) is 18.4 Å². The molecule has 0 aliphatic heterocycles. The summed E-state index contributed by atoms with van der Waals surface area (Å²) in [5.41, 5.74) is 0.965.